The van der Waals surface area contributed by atoms with Gasteiger partial charge in [-0.1, -0.05) is 38.1 Å². The Morgan fingerprint density at radius 1 is 1.22 bits per heavy atom. The van der Waals surface area contributed by atoms with E-state index >= 15 is 0 Å². The lowest BCUT2D eigenvalue weighted by atomic mass is 9.93. The molecule has 1 unspecified atom stereocenters. The molecule has 0 aliphatic carbocycles. The fourth-order valence-electron chi connectivity index (χ4n) is 3.73. The molecule has 1 aromatic carbocycles. The summed E-state index contributed by atoms with van der Waals surface area (Å²) in [5, 5.41) is 7.38. The van der Waals surface area contributed by atoms with E-state index in [-0.39, 0.29) is 11.9 Å². The molecule has 5 nitrogen and oxygen atoms in total. The summed E-state index contributed by atoms with van der Waals surface area (Å²) in [7, 11) is 0. The standard InChI is InChI=1S/C21H21FN4O/c1-12(2)10-16-18-19(25-24-16)21(27)26(14-8-9-17(22)23-11-14)20(18)15-7-5-4-6-13(15)3/h4-9,11-12,20H,10H2,1-3H3,(H,24,25). The van der Waals surface area contributed by atoms with Crippen LogP contribution in [0.5, 0.6) is 0 Å². The average Bonchev–Trinajstić information content (AvgIpc) is 3.15. The highest BCUT2D eigenvalue weighted by molar-refractivity contribution is 6.10. The van der Waals surface area contributed by atoms with Gasteiger partial charge in [0.15, 0.2) is 5.69 Å². The molecule has 0 saturated heterocycles. The van der Waals surface area contributed by atoms with E-state index in [2.05, 4.69) is 29.0 Å². The number of halogens is 1. The Morgan fingerprint density at radius 3 is 2.67 bits per heavy atom. The largest absolute Gasteiger partial charge is 0.294 e. The number of amides is 1. The maximum atomic E-state index is 13.3. The van der Waals surface area contributed by atoms with Crippen LogP contribution in [0.1, 0.15) is 52.8 Å². The zero-order valence-electron chi connectivity index (χ0n) is 15.5. The molecule has 27 heavy (non-hydrogen) atoms. The van der Waals surface area contributed by atoms with Gasteiger partial charge in [-0.2, -0.15) is 9.49 Å². The molecule has 1 aliphatic heterocycles. The van der Waals surface area contributed by atoms with Gasteiger partial charge in [-0.3, -0.25) is 14.8 Å². The molecule has 6 heteroatoms. The first-order chi connectivity index (χ1) is 13.0. The normalized spacial score (nSPS) is 16.3. The molecular weight excluding hydrogens is 343 g/mol. The summed E-state index contributed by atoms with van der Waals surface area (Å²) in [5.74, 6) is -0.349. The number of aryl methyl sites for hydroxylation is 1. The van der Waals surface area contributed by atoms with E-state index in [1.165, 1.54) is 12.3 Å². The molecule has 0 bridgehead atoms. The van der Waals surface area contributed by atoms with Crippen molar-refractivity contribution in [2.45, 2.75) is 33.2 Å². The van der Waals surface area contributed by atoms with E-state index in [9.17, 15) is 9.18 Å². The van der Waals surface area contributed by atoms with E-state index in [1.54, 1.807) is 11.0 Å². The van der Waals surface area contributed by atoms with Gasteiger partial charge >= 0.3 is 0 Å². The van der Waals surface area contributed by atoms with Crippen LogP contribution in [0, 0.1) is 18.8 Å². The van der Waals surface area contributed by atoms with Crippen LogP contribution in [0.2, 0.25) is 0 Å². The number of pyridine rings is 1. The molecule has 4 rings (SSSR count). The Labute approximate surface area is 157 Å². The molecule has 1 N–H and O–H groups in total. The maximum Gasteiger partial charge on any atom is 0.280 e. The first-order valence-electron chi connectivity index (χ1n) is 9.05. The highest BCUT2D eigenvalue weighted by atomic mass is 19.1. The number of hydrogen-bond acceptors (Lipinski definition) is 3. The number of carbonyl (C=O) groups excluding carboxylic acids is 1. The van der Waals surface area contributed by atoms with E-state index < -0.39 is 5.95 Å². The van der Waals surface area contributed by atoms with Crippen LogP contribution in [-0.4, -0.2) is 21.1 Å². The van der Waals surface area contributed by atoms with Crippen LogP contribution in [0.15, 0.2) is 42.6 Å². The minimum absolute atomic E-state index is 0.196. The second-order valence-corrected chi connectivity index (χ2v) is 7.34. The Morgan fingerprint density at radius 2 is 2.00 bits per heavy atom. The van der Waals surface area contributed by atoms with E-state index in [0.717, 1.165) is 28.8 Å². The highest BCUT2D eigenvalue weighted by Gasteiger charge is 2.43. The first kappa shape index (κ1) is 17.4. The number of benzene rings is 1. The fourth-order valence-corrected chi connectivity index (χ4v) is 3.73. The third-order valence-electron chi connectivity index (χ3n) is 4.92. The van der Waals surface area contributed by atoms with E-state index in [4.69, 9.17) is 0 Å². The van der Waals surface area contributed by atoms with Crippen molar-refractivity contribution in [1.29, 1.82) is 0 Å². The van der Waals surface area contributed by atoms with Crippen LogP contribution in [0.4, 0.5) is 10.1 Å². The summed E-state index contributed by atoms with van der Waals surface area (Å²) in [5.41, 5.74) is 4.98. The topological polar surface area (TPSA) is 61.9 Å². The number of nitrogens with one attached hydrogen (secondary N) is 1. The Bertz CT molecular complexity index is 994. The van der Waals surface area contributed by atoms with Gasteiger partial charge in [0.1, 0.15) is 0 Å². The van der Waals surface area contributed by atoms with E-state index in [1.807, 2.05) is 31.2 Å². The molecule has 1 atom stereocenters. The summed E-state index contributed by atoms with van der Waals surface area (Å²) >= 11 is 0. The summed E-state index contributed by atoms with van der Waals surface area (Å²) in [6.07, 6.45) is 2.20. The van der Waals surface area contributed by atoms with Crippen LogP contribution >= 0.6 is 0 Å². The smallest absolute Gasteiger partial charge is 0.280 e. The van der Waals surface area contributed by atoms with Gasteiger partial charge in [0.25, 0.3) is 5.91 Å². The number of rotatable bonds is 4. The van der Waals surface area contributed by atoms with Gasteiger partial charge in [0.05, 0.1) is 17.9 Å². The third kappa shape index (κ3) is 2.91. The SMILES string of the molecule is Cc1ccccc1C1c2c(n[nH]c2CC(C)C)C(=O)N1c1ccc(F)nc1. The second-order valence-electron chi connectivity index (χ2n) is 7.34. The Kier molecular flexibility index (Phi) is 4.26. The van der Waals surface area contributed by atoms with Gasteiger partial charge in [0, 0.05) is 11.3 Å². The lowest BCUT2D eigenvalue weighted by Gasteiger charge is -2.27. The number of aromatic amines is 1. The van der Waals surface area contributed by atoms with Crippen LogP contribution < -0.4 is 4.90 Å². The van der Waals surface area contributed by atoms with Crippen molar-refractivity contribution in [3.63, 3.8) is 0 Å². The molecule has 0 fully saturated rings. The summed E-state index contributed by atoms with van der Waals surface area (Å²) < 4.78 is 13.3. The molecule has 3 aromatic rings. The number of H-pyrrole nitrogens is 1. The average molecular weight is 364 g/mol. The number of aromatic nitrogens is 3. The fraction of sp³-hybridized carbons (Fsp3) is 0.286. The minimum Gasteiger partial charge on any atom is -0.294 e. The lowest BCUT2D eigenvalue weighted by molar-refractivity contribution is 0.0988. The van der Waals surface area contributed by atoms with Crippen molar-refractivity contribution in [3.8, 4) is 0 Å². The zero-order valence-corrected chi connectivity index (χ0v) is 15.5. The quantitative estimate of drug-likeness (QED) is 0.706. The lowest BCUT2D eigenvalue weighted by Crippen LogP contribution is -2.30. The van der Waals surface area contributed by atoms with E-state index in [0.29, 0.717) is 17.3 Å². The van der Waals surface area contributed by atoms with Gasteiger partial charge in [-0.25, -0.2) is 4.98 Å². The molecular formula is C21H21FN4O. The number of anilines is 1. The predicted molar refractivity (Wildman–Crippen MR) is 101 cm³/mol. The van der Waals surface area contributed by atoms with Crippen molar-refractivity contribution in [2.24, 2.45) is 5.92 Å². The number of hydrogen-bond donors (Lipinski definition) is 1. The van der Waals surface area contributed by atoms with Crippen LogP contribution in [0.3, 0.4) is 0 Å². The predicted octanol–water partition coefficient (Wildman–Crippen LogP) is 4.20. The van der Waals surface area contributed by atoms with Crippen LogP contribution in [0.25, 0.3) is 0 Å². The van der Waals surface area contributed by atoms with Gasteiger partial charge in [-0.15, -0.1) is 0 Å². The third-order valence-corrected chi connectivity index (χ3v) is 4.92. The molecule has 1 aliphatic rings. The molecule has 138 valence electrons. The van der Waals surface area contributed by atoms with Crippen molar-refractivity contribution >= 4 is 11.6 Å². The number of nitrogens with zero attached hydrogens (tertiary/aromatic N) is 3. The van der Waals surface area contributed by atoms with Crippen molar-refractivity contribution in [3.05, 3.63) is 76.6 Å². The number of fused-ring (bicyclic) bond motifs is 1. The summed E-state index contributed by atoms with van der Waals surface area (Å²) in [6.45, 7) is 6.30. The van der Waals surface area contributed by atoms with Gasteiger partial charge in [0.2, 0.25) is 5.95 Å². The number of carbonyl (C=O) groups is 1. The second kappa shape index (κ2) is 6.61. The minimum atomic E-state index is -0.572. The van der Waals surface area contributed by atoms with Gasteiger partial charge < -0.3 is 0 Å². The monoisotopic (exact) mass is 364 g/mol. The molecule has 0 saturated carbocycles. The van der Waals surface area contributed by atoms with Gasteiger partial charge in [-0.05, 0) is 42.5 Å². The highest BCUT2D eigenvalue weighted by Crippen LogP contribution is 2.43. The maximum absolute atomic E-state index is 13.3. The van der Waals surface area contributed by atoms with Crippen molar-refractivity contribution < 1.29 is 9.18 Å². The zero-order chi connectivity index (χ0) is 19.1. The Hall–Kier alpha value is -3.02. The summed E-state index contributed by atoms with van der Waals surface area (Å²) in [6, 6.07) is 10.5. The van der Waals surface area contributed by atoms with Crippen LogP contribution in [-0.2, 0) is 6.42 Å². The summed E-state index contributed by atoms with van der Waals surface area (Å²) in [4.78, 5) is 18.6. The first-order valence-corrected chi connectivity index (χ1v) is 9.05. The Balaban J connectivity index is 1.91. The van der Waals surface area contributed by atoms with Crippen molar-refractivity contribution in [2.75, 3.05) is 4.90 Å². The molecule has 0 radical (unpaired) electrons. The molecule has 3 heterocycles. The molecule has 0 spiro atoms. The molecule has 2 aromatic heterocycles. The van der Waals surface area contributed by atoms with Crippen molar-refractivity contribution in [1.82, 2.24) is 15.2 Å². The molecule has 1 amide bonds.